The molecule has 2 rings (SSSR count). The zero-order valence-corrected chi connectivity index (χ0v) is 11.6. The highest BCUT2D eigenvalue weighted by atomic mass is 35.5. The molecule has 4 heteroatoms. The third kappa shape index (κ3) is 2.71. The van der Waals surface area contributed by atoms with Crippen molar-refractivity contribution in [2.24, 2.45) is 5.92 Å². The van der Waals surface area contributed by atoms with E-state index in [4.69, 9.17) is 11.6 Å². The molecule has 0 radical (unpaired) electrons. The van der Waals surface area contributed by atoms with E-state index >= 15 is 0 Å². The maximum absolute atomic E-state index is 5.99. The first kappa shape index (κ1) is 12.6. The lowest BCUT2D eigenvalue weighted by atomic mass is 10.0. The van der Waals surface area contributed by atoms with Gasteiger partial charge in [0.05, 0.1) is 0 Å². The van der Waals surface area contributed by atoms with Crippen LogP contribution >= 0.6 is 11.6 Å². The van der Waals surface area contributed by atoms with E-state index in [1.54, 1.807) is 0 Å². The summed E-state index contributed by atoms with van der Waals surface area (Å²) in [5.74, 6) is 1.84. The molecule has 1 aliphatic heterocycles. The van der Waals surface area contributed by atoms with Crippen LogP contribution in [0.15, 0.2) is 0 Å². The molecule has 17 heavy (non-hydrogen) atoms. The van der Waals surface area contributed by atoms with E-state index in [9.17, 15) is 0 Å². The van der Waals surface area contributed by atoms with Crippen molar-refractivity contribution in [2.75, 3.05) is 18.0 Å². The van der Waals surface area contributed by atoms with Crippen LogP contribution in [0.25, 0.3) is 0 Å². The van der Waals surface area contributed by atoms with Crippen molar-refractivity contribution in [3.8, 4) is 0 Å². The van der Waals surface area contributed by atoms with Gasteiger partial charge < -0.3 is 4.90 Å². The highest BCUT2D eigenvalue weighted by Crippen LogP contribution is 2.26. The Morgan fingerprint density at radius 2 is 1.88 bits per heavy atom. The average Bonchev–Trinajstić information content (AvgIpc) is 2.52. The van der Waals surface area contributed by atoms with Gasteiger partial charge in [0.25, 0.3) is 0 Å². The SMILES string of the molecule is Cc1c(Cl)nnc(N2CCCC(C)CC2)c1C. The van der Waals surface area contributed by atoms with E-state index in [0.29, 0.717) is 5.15 Å². The lowest BCUT2D eigenvalue weighted by Crippen LogP contribution is -2.26. The molecule has 1 aromatic heterocycles. The number of rotatable bonds is 1. The molecule has 1 aromatic rings. The Morgan fingerprint density at radius 1 is 1.12 bits per heavy atom. The smallest absolute Gasteiger partial charge is 0.155 e. The van der Waals surface area contributed by atoms with Crippen molar-refractivity contribution < 1.29 is 0 Å². The van der Waals surface area contributed by atoms with Crippen molar-refractivity contribution in [3.05, 3.63) is 16.3 Å². The van der Waals surface area contributed by atoms with Crippen LogP contribution in [0.3, 0.4) is 0 Å². The number of halogens is 1. The van der Waals surface area contributed by atoms with Crippen LogP contribution in [0, 0.1) is 19.8 Å². The highest BCUT2D eigenvalue weighted by molar-refractivity contribution is 6.30. The average molecular weight is 254 g/mol. The van der Waals surface area contributed by atoms with E-state index in [2.05, 4.69) is 28.9 Å². The normalized spacial score (nSPS) is 21.4. The topological polar surface area (TPSA) is 29.0 Å². The van der Waals surface area contributed by atoms with Crippen molar-refractivity contribution in [3.63, 3.8) is 0 Å². The first-order chi connectivity index (χ1) is 8.09. The van der Waals surface area contributed by atoms with Crippen LogP contribution in [-0.2, 0) is 0 Å². The van der Waals surface area contributed by atoms with E-state index in [0.717, 1.165) is 30.4 Å². The number of hydrogen-bond acceptors (Lipinski definition) is 3. The van der Waals surface area contributed by atoms with Crippen LogP contribution in [-0.4, -0.2) is 23.3 Å². The number of aromatic nitrogens is 2. The molecule has 0 saturated carbocycles. The summed E-state index contributed by atoms with van der Waals surface area (Å²) in [7, 11) is 0. The largest absolute Gasteiger partial charge is 0.355 e. The van der Waals surface area contributed by atoms with Gasteiger partial charge in [-0.05, 0) is 50.2 Å². The summed E-state index contributed by atoms with van der Waals surface area (Å²) in [6, 6.07) is 0. The minimum atomic E-state index is 0.523. The van der Waals surface area contributed by atoms with Crippen molar-refractivity contribution in [1.82, 2.24) is 10.2 Å². The molecule has 0 N–H and O–H groups in total. The molecule has 1 saturated heterocycles. The second-order valence-electron chi connectivity index (χ2n) is 5.09. The zero-order chi connectivity index (χ0) is 12.4. The Balaban J connectivity index is 2.24. The van der Waals surface area contributed by atoms with Crippen LogP contribution in [0.1, 0.15) is 37.3 Å². The van der Waals surface area contributed by atoms with E-state index in [-0.39, 0.29) is 0 Å². The van der Waals surface area contributed by atoms with Gasteiger partial charge in [-0.25, -0.2) is 0 Å². The molecule has 0 spiro atoms. The van der Waals surface area contributed by atoms with Crippen molar-refractivity contribution in [2.45, 2.75) is 40.0 Å². The lowest BCUT2D eigenvalue weighted by molar-refractivity contribution is 0.521. The highest BCUT2D eigenvalue weighted by Gasteiger charge is 2.18. The summed E-state index contributed by atoms with van der Waals surface area (Å²) in [5, 5.41) is 8.83. The fourth-order valence-corrected chi connectivity index (χ4v) is 2.52. The van der Waals surface area contributed by atoms with Crippen LogP contribution in [0.5, 0.6) is 0 Å². The van der Waals surface area contributed by atoms with E-state index < -0.39 is 0 Å². The molecule has 2 heterocycles. The van der Waals surface area contributed by atoms with Crippen molar-refractivity contribution >= 4 is 17.4 Å². The van der Waals surface area contributed by atoms with Crippen LogP contribution in [0.2, 0.25) is 5.15 Å². The molecule has 1 fully saturated rings. The Hall–Kier alpha value is -0.830. The lowest BCUT2D eigenvalue weighted by Gasteiger charge is -2.23. The number of nitrogens with zero attached hydrogens (tertiary/aromatic N) is 3. The van der Waals surface area contributed by atoms with Gasteiger partial charge in [0, 0.05) is 13.1 Å². The third-order valence-electron chi connectivity index (χ3n) is 3.76. The van der Waals surface area contributed by atoms with Gasteiger partial charge in [-0.3, -0.25) is 0 Å². The zero-order valence-electron chi connectivity index (χ0n) is 10.8. The first-order valence-electron chi connectivity index (χ1n) is 6.34. The molecule has 0 aromatic carbocycles. The molecule has 0 aliphatic carbocycles. The predicted octanol–water partition coefficient (Wildman–Crippen LogP) is 3.37. The van der Waals surface area contributed by atoms with Gasteiger partial charge in [0.2, 0.25) is 0 Å². The van der Waals surface area contributed by atoms with Gasteiger partial charge in [-0.15, -0.1) is 10.2 Å². The Labute approximate surface area is 108 Å². The fourth-order valence-electron chi connectivity index (χ4n) is 2.34. The van der Waals surface area contributed by atoms with Gasteiger partial charge >= 0.3 is 0 Å². The quantitative estimate of drug-likeness (QED) is 0.768. The van der Waals surface area contributed by atoms with Gasteiger partial charge in [0.15, 0.2) is 11.0 Å². The molecule has 0 amide bonds. The number of hydrogen-bond donors (Lipinski definition) is 0. The maximum atomic E-state index is 5.99. The molecule has 0 bridgehead atoms. The minimum absolute atomic E-state index is 0.523. The van der Waals surface area contributed by atoms with Crippen LogP contribution < -0.4 is 4.90 Å². The maximum Gasteiger partial charge on any atom is 0.155 e. The Kier molecular flexibility index (Phi) is 3.87. The number of anilines is 1. The first-order valence-corrected chi connectivity index (χ1v) is 6.71. The van der Waals surface area contributed by atoms with Gasteiger partial charge in [-0.2, -0.15) is 0 Å². The summed E-state index contributed by atoms with van der Waals surface area (Å²) in [4.78, 5) is 2.36. The monoisotopic (exact) mass is 253 g/mol. The van der Waals surface area contributed by atoms with Gasteiger partial charge in [-0.1, -0.05) is 18.5 Å². The van der Waals surface area contributed by atoms with Gasteiger partial charge in [0.1, 0.15) is 0 Å². The molecular formula is C13H20ClN3. The minimum Gasteiger partial charge on any atom is -0.355 e. The Bertz CT molecular complexity index is 406. The second kappa shape index (κ2) is 5.21. The standard InChI is InChI=1S/C13H20ClN3/c1-9-5-4-7-17(8-6-9)13-11(3)10(2)12(14)15-16-13/h9H,4-8H2,1-3H3. The molecular weight excluding hydrogens is 234 g/mol. The summed E-state index contributed by atoms with van der Waals surface area (Å²) < 4.78 is 0. The predicted molar refractivity (Wildman–Crippen MR) is 71.7 cm³/mol. The molecule has 1 aliphatic rings. The molecule has 1 atom stereocenters. The molecule has 3 nitrogen and oxygen atoms in total. The van der Waals surface area contributed by atoms with Crippen LogP contribution in [0.4, 0.5) is 5.82 Å². The summed E-state index contributed by atoms with van der Waals surface area (Å²) >= 11 is 5.99. The van der Waals surface area contributed by atoms with Crippen molar-refractivity contribution in [1.29, 1.82) is 0 Å². The summed E-state index contributed by atoms with van der Waals surface area (Å²) in [5.41, 5.74) is 2.22. The summed E-state index contributed by atoms with van der Waals surface area (Å²) in [6.45, 7) is 8.59. The molecule has 1 unspecified atom stereocenters. The third-order valence-corrected chi connectivity index (χ3v) is 4.12. The molecule has 94 valence electrons. The fraction of sp³-hybridized carbons (Fsp3) is 0.692. The summed E-state index contributed by atoms with van der Waals surface area (Å²) in [6.07, 6.45) is 3.79. The Morgan fingerprint density at radius 3 is 2.65 bits per heavy atom. The van der Waals surface area contributed by atoms with E-state index in [1.807, 2.05) is 6.92 Å². The van der Waals surface area contributed by atoms with E-state index in [1.165, 1.54) is 24.8 Å². The second-order valence-corrected chi connectivity index (χ2v) is 5.45.